The van der Waals surface area contributed by atoms with E-state index in [9.17, 15) is 0 Å². The summed E-state index contributed by atoms with van der Waals surface area (Å²) in [4.78, 5) is 2.63. The number of para-hydroxylation sites is 2. The van der Waals surface area contributed by atoms with Gasteiger partial charge in [-0.25, -0.2) is 0 Å². The Bertz CT molecular complexity index is 3610. The second-order valence-corrected chi connectivity index (χ2v) is 21.6. The Morgan fingerprint density at radius 1 is 0.479 bits per heavy atom. The molecule has 0 spiro atoms. The predicted octanol–water partition coefficient (Wildman–Crippen LogP) is 19.2. The van der Waals surface area contributed by atoms with Gasteiger partial charge in [0.2, 0.25) is 0 Å². The first-order valence-corrected chi connectivity index (χ1v) is 27.4. The van der Waals surface area contributed by atoms with E-state index in [4.69, 9.17) is 0 Å². The Kier molecular flexibility index (Phi) is 11.1. The van der Waals surface area contributed by atoms with Crippen molar-refractivity contribution < 1.29 is 0 Å². The van der Waals surface area contributed by atoms with Gasteiger partial charge in [-0.3, -0.25) is 0 Å². The van der Waals surface area contributed by atoms with E-state index in [0.717, 1.165) is 19.3 Å². The highest BCUT2D eigenvalue weighted by Crippen LogP contribution is 2.64. The topological polar surface area (TPSA) is 8.17 Å². The van der Waals surface area contributed by atoms with Crippen LogP contribution in [0.5, 0.6) is 0 Å². The lowest BCUT2D eigenvalue weighted by atomic mass is 9.59. The lowest BCUT2D eigenvalue weighted by Gasteiger charge is -2.44. The van der Waals surface area contributed by atoms with Gasteiger partial charge in [0.25, 0.3) is 0 Å². The third kappa shape index (κ3) is 7.43. The summed E-state index contributed by atoms with van der Waals surface area (Å²) < 4.78 is 2.55. The SMILES string of the molecule is C1=CC(c2ccccc2)CC(C2=CC(N(c3cccc(-c4ccccc4-c4ccccc4)c3)c3ccc4c(c3)C(C3CCCC3)(C3CCCC3)c3cc(-n5c6ccccc6c6ccccc65)ccc3-4)=CCC2)=C1. The van der Waals surface area contributed by atoms with Gasteiger partial charge < -0.3 is 9.47 Å². The van der Waals surface area contributed by atoms with Gasteiger partial charge in [0.15, 0.2) is 0 Å². The summed E-state index contributed by atoms with van der Waals surface area (Å²) >= 11 is 0. The number of hydrogen-bond acceptors (Lipinski definition) is 1. The summed E-state index contributed by atoms with van der Waals surface area (Å²) in [5, 5.41) is 2.64. The van der Waals surface area contributed by atoms with Crippen LogP contribution in [0.25, 0.3) is 60.9 Å². The van der Waals surface area contributed by atoms with E-state index in [1.807, 2.05) is 0 Å². The minimum Gasteiger partial charge on any atom is -0.311 e. The lowest BCUT2D eigenvalue weighted by molar-refractivity contribution is 0.223. The van der Waals surface area contributed by atoms with Gasteiger partial charge in [-0.1, -0.05) is 196 Å². The molecular weight excluding hydrogens is 881 g/mol. The molecule has 9 aromatic rings. The van der Waals surface area contributed by atoms with Gasteiger partial charge >= 0.3 is 0 Å². The molecule has 1 unspecified atom stereocenters. The fraction of sp³-hybridized carbons (Fsp3) is 0.211. The van der Waals surface area contributed by atoms with Gasteiger partial charge in [-0.2, -0.15) is 0 Å². The predicted molar refractivity (Wildman–Crippen MR) is 307 cm³/mol. The minimum absolute atomic E-state index is 0.0712. The number of allylic oxidation sites excluding steroid dienone is 7. The number of hydrogen-bond donors (Lipinski definition) is 0. The Balaban J connectivity index is 0.950. The average molecular weight is 943 g/mol. The van der Waals surface area contributed by atoms with Crippen LogP contribution >= 0.6 is 0 Å². The van der Waals surface area contributed by atoms with E-state index in [0.29, 0.717) is 17.8 Å². The molecule has 2 nitrogen and oxygen atoms in total. The maximum atomic E-state index is 2.70. The van der Waals surface area contributed by atoms with Crippen molar-refractivity contribution in [3.63, 3.8) is 0 Å². The van der Waals surface area contributed by atoms with Gasteiger partial charge in [-0.05, 0) is 173 Å². The van der Waals surface area contributed by atoms with Crippen LogP contribution in [0.4, 0.5) is 11.4 Å². The van der Waals surface area contributed by atoms with Crippen LogP contribution in [0.15, 0.2) is 241 Å². The van der Waals surface area contributed by atoms with Gasteiger partial charge in [0.1, 0.15) is 0 Å². The third-order valence-corrected chi connectivity index (χ3v) is 17.8. The van der Waals surface area contributed by atoms with Gasteiger partial charge in [0, 0.05) is 44.9 Å². The van der Waals surface area contributed by atoms with Crippen molar-refractivity contribution in [2.75, 3.05) is 4.90 Å². The number of anilines is 2. The van der Waals surface area contributed by atoms with Crippen LogP contribution in [-0.4, -0.2) is 4.57 Å². The molecule has 0 aliphatic heterocycles. The summed E-state index contributed by atoms with van der Waals surface area (Å²) in [5.74, 6) is 1.56. The zero-order valence-electron chi connectivity index (χ0n) is 41.8. The largest absolute Gasteiger partial charge is 0.311 e. The lowest BCUT2D eigenvalue weighted by Crippen LogP contribution is -2.40. The molecule has 1 heterocycles. The molecule has 8 aromatic carbocycles. The van der Waals surface area contributed by atoms with E-state index in [2.05, 4.69) is 234 Å². The summed E-state index contributed by atoms with van der Waals surface area (Å²) in [7, 11) is 0. The molecule has 1 aromatic heterocycles. The quantitative estimate of drug-likeness (QED) is 0.133. The molecule has 356 valence electrons. The zero-order chi connectivity index (χ0) is 48.3. The first-order valence-electron chi connectivity index (χ1n) is 27.4. The van der Waals surface area contributed by atoms with Crippen molar-refractivity contribution in [2.45, 2.75) is 82.0 Å². The summed E-state index contributed by atoms with van der Waals surface area (Å²) in [6.07, 6.45) is 25.6. The highest BCUT2D eigenvalue weighted by molar-refractivity contribution is 6.09. The van der Waals surface area contributed by atoms with Crippen LogP contribution < -0.4 is 4.90 Å². The molecule has 1 atom stereocenters. The molecule has 14 rings (SSSR count). The van der Waals surface area contributed by atoms with Crippen molar-refractivity contribution in [1.29, 1.82) is 0 Å². The molecular formula is C71H62N2. The fourth-order valence-corrected chi connectivity index (χ4v) is 14.6. The number of aromatic nitrogens is 1. The summed E-state index contributed by atoms with van der Waals surface area (Å²) in [5.41, 5.74) is 22.8. The Morgan fingerprint density at radius 2 is 1.07 bits per heavy atom. The third-order valence-electron chi connectivity index (χ3n) is 17.8. The number of rotatable bonds is 10. The zero-order valence-corrected chi connectivity index (χ0v) is 41.8. The maximum Gasteiger partial charge on any atom is 0.0541 e. The molecule has 0 saturated heterocycles. The summed E-state index contributed by atoms with van der Waals surface area (Å²) in [6.45, 7) is 0. The van der Waals surface area contributed by atoms with Crippen molar-refractivity contribution >= 4 is 33.2 Å². The van der Waals surface area contributed by atoms with E-state index in [1.54, 1.807) is 11.1 Å². The van der Waals surface area contributed by atoms with E-state index < -0.39 is 0 Å². The van der Waals surface area contributed by atoms with Crippen LogP contribution in [0.2, 0.25) is 0 Å². The second kappa shape index (κ2) is 18.4. The Labute approximate surface area is 431 Å². The molecule has 73 heavy (non-hydrogen) atoms. The van der Waals surface area contributed by atoms with Crippen molar-refractivity contribution in [3.05, 3.63) is 258 Å². The standard InChI is InChI=1S/C71H62N2/c1-3-20-49(21-4-1)51-24-17-25-52(44-51)53-26-18-32-57(45-53)72(58-33-19-27-54(46-58)62-35-12-11-34-61(62)50-22-5-2-6-23-50)59-40-42-63-64-43-41-60(73-69-38-15-13-36-65(69)66-37-14-16-39-70(66)73)48-68(64)71(67(63)47-59,55-28-7-8-29-55)56-30-9-10-31-56/h1-6,11-17,19-25,27,32-43,45-48,51,55-56H,7-10,18,26,28-31,44H2. The van der Waals surface area contributed by atoms with Gasteiger partial charge in [-0.15, -0.1) is 0 Å². The number of benzene rings is 8. The number of nitrogens with zero attached hydrogens (tertiary/aromatic N) is 2. The van der Waals surface area contributed by atoms with Crippen molar-refractivity contribution in [3.8, 4) is 39.1 Å². The van der Waals surface area contributed by atoms with E-state index in [-0.39, 0.29) is 5.41 Å². The van der Waals surface area contributed by atoms with Gasteiger partial charge in [0.05, 0.1) is 11.0 Å². The highest BCUT2D eigenvalue weighted by atomic mass is 15.1. The Hall–Kier alpha value is -7.68. The van der Waals surface area contributed by atoms with Crippen molar-refractivity contribution in [1.82, 2.24) is 4.57 Å². The molecule has 5 aliphatic carbocycles. The Morgan fingerprint density at radius 3 is 1.78 bits per heavy atom. The smallest absolute Gasteiger partial charge is 0.0541 e. The molecule has 0 bridgehead atoms. The average Bonchev–Trinajstić information content (AvgIpc) is 4.31. The maximum absolute atomic E-state index is 2.70. The van der Waals surface area contributed by atoms with Crippen LogP contribution in [0.3, 0.4) is 0 Å². The first-order chi connectivity index (χ1) is 36.2. The monoisotopic (exact) mass is 942 g/mol. The second-order valence-electron chi connectivity index (χ2n) is 21.6. The van der Waals surface area contributed by atoms with Crippen LogP contribution in [0.1, 0.15) is 93.2 Å². The molecule has 2 saturated carbocycles. The molecule has 0 radical (unpaired) electrons. The molecule has 0 N–H and O–H groups in total. The minimum atomic E-state index is -0.0712. The molecule has 2 fully saturated rings. The fourth-order valence-electron chi connectivity index (χ4n) is 14.6. The van der Waals surface area contributed by atoms with E-state index in [1.165, 1.54) is 146 Å². The van der Waals surface area contributed by atoms with Crippen molar-refractivity contribution in [2.24, 2.45) is 11.8 Å². The summed E-state index contributed by atoms with van der Waals surface area (Å²) in [6, 6.07) is 73.6. The molecule has 5 aliphatic rings. The van der Waals surface area contributed by atoms with E-state index >= 15 is 0 Å². The number of fused-ring (bicyclic) bond motifs is 6. The highest BCUT2D eigenvalue weighted by Gasteiger charge is 2.54. The normalized spacial score (nSPS) is 18.4. The molecule has 2 heteroatoms. The van der Waals surface area contributed by atoms with Crippen LogP contribution in [0, 0.1) is 11.8 Å². The van der Waals surface area contributed by atoms with Crippen LogP contribution in [-0.2, 0) is 5.41 Å². The molecule has 0 amide bonds. The first kappa shape index (κ1) is 44.1.